The molecule has 3 heteroatoms. The van der Waals surface area contributed by atoms with Crippen molar-refractivity contribution >= 4 is 39.9 Å². The van der Waals surface area contributed by atoms with Gasteiger partial charge in [-0.25, -0.2) is 0 Å². The van der Waals surface area contributed by atoms with E-state index in [0.29, 0.717) is 0 Å². The molecule has 0 bridgehead atoms. The first-order valence-corrected chi connectivity index (χ1v) is 6.44. The number of anilines is 1. The van der Waals surface area contributed by atoms with Gasteiger partial charge in [-0.2, -0.15) is 0 Å². The van der Waals surface area contributed by atoms with E-state index in [0.717, 1.165) is 20.8 Å². The van der Waals surface area contributed by atoms with Crippen molar-refractivity contribution in [1.29, 1.82) is 0 Å². The van der Waals surface area contributed by atoms with Gasteiger partial charge in [-0.1, -0.05) is 41.9 Å². The molecule has 0 spiro atoms. The quantitative estimate of drug-likeness (QED) is 0.806. The van der Waals surface area contributed by atoms with Crippen LogP contribution in [0, 0.1) is 3.57 Å². The summed E-state index contributed by atoms with van der Waals surface area (Å²) >= 11 is 8.18. The Kier molecular flexibility index (Phi) is 4.07. The molecule has 0 saturated heterocycles. The van der Waals surface area contributed by atoms with Crippen molar-refractivity contribution in [3.05, 3.63) is 62.7 Å². The monoisotopic (exact) mass is 343 g/mol. The third-order valence-electron chi connectivity index (χ3n) is 2.26. The molecule has 0 amide bonds. The predicted octanol–water partition coefficient (Wildman–Crippen LogP) is 4.56. The predicted molar refractivity (Wildman–Crippen MR) is 77.9 cm³/mol. The number of rotatable bonds is 3. The fraction of sp³-hybridized carbons (Fsp3) is 0.0769. The zero-order chi connectivity index (χ0) is 11.4. The Labute approximate surface area is 114 Å². The van der Waals surface area contributed by atoms with Gasteiger partial charge in [-0.3, -0.25) is 0 Å². The molecule has 0 radical (unpaired) electrons. The van der Waals surface area contributed by atoms with E-state index in [9.17, 15) is 0 Å². The van der Waals surface area contributed by atoms with Crippen molar-refractivity contribution in [3.8, 4) is 0 Å². The molecule has 16 heavy (non-hydrogen) atoms. The molecular formula is C13H11ClIN. The van der Waals surface area contributed by atoms with Crippen molar-refractivity contribution < 1.29 is 0 Å². The van der Waals surface area contributed by atoms with Crippen LogP contribution in [-0.4, -0.2) is 0 Å². The van der Waals surface area contributed by atoms with Crippen molar-refractivity contribution in [2.45, 2.75) is 6.54 Å². The number of nitrogens with one attached hydrogen (secondary N) is 1. The van der Waals surface area contributed by atoms with Crippen molar-refractivity contribution in [2.24, 2.45) is 0 Å². The highest BCUT2D eigenvalue weighted by molar-refractivity contribution is 14.1. The summed E-state index contributed by atoms with van der Waals surface area (Å²) in [6.07, 6.45) is 0. The third kappa shape index (κ3) is 3.12. The minimum absolute atomic E-state index is 0.773. The first-order chi connectivity index (χ1) is 7.75. The van der Waals surface area contributed by atoms with Gasteiger partial charge in [0, 0.05) is 20.8 Å². The van der Waals surface area contributed by atoms with Gasteiger partial charge in [0.15, 0.2) is 0 Å². The summed E-state index contributed by atoms with van der Waals surface area (Å²) in [5, 5.41) is 4.16. The molecule has 0 aliphatic carbocycles. The third-order valence-corrected chi connectivity index (χ3v) is 3.38. The van der Waals surface area contributed by atoms with Gasteiger partial charge in [0.05, 0.1) is 0 Å². The van der Waals surface area contributed by atoms with Gasteiger partial charge in [-0.05, 0) is 46.4 Å². The summed E-state index contributed by atoms with van der Waals surface area (Å²) in [6.45, 7) is 0.832. The van der Waals surface area contributed by atoms with E-state index in [-0.39, 0.29) is 0 Å². The fourth-order valence-corrected chi connectivity index (χ4v) is 2.49. The van der Waals surface area contributed by atoms with Crippen LogP contribution in [0.2, 0.25) is 5.02 Å². The van der Waals surface area contributed by atoms with E-state index in [1.807, 2.05) is 36.4 Å². The van der Waals surface area contributed by atoms with Gasteiger partial charge in [0.2, 0.25) is 0 Å². The van der Waals surface area contributed by atoms with Gasteiger partial charge in [-0.15, -0.1) is 0 Å². The molecule has 0 aromatic heterocycles. The highest BCUT2D eigenvalue weighted by Crippen LogP contribution is 2.22. The van der Waals surface area contributed by atoms with Crippen LogP contribution in [-0.2, 0) is 6.54 Å². The molecule has 0 heterocycles. The second kappa shape index (κ2) is 5.55. The molecule has 0 unspecified atom stereocenters. The van der Waals surface area contributed by atoms with E-state index in [4.69, 9.17) is 11.6 Å². The van der Waals surface area contributed by atoms with Gasteiger partial charge in [0.25, 0.3) is 0 Å². The van der Waals surface area contributed by atoms with Crippen LogP contribution in [0.5, 0.6) is 0 Å². The molecule has 0 atom stereocenters. The van der Waals surface area contributed by atoms with Crippen LogP contribution in [0.25, 0.3) is 0 Å². The van der Waals surface area contributed by atoms with Crippen LogP contribution in [0.3, 0.4) is 0 Å². The molecule has 2 aromatic rings. The molecule has 2 aromatic carbocycles. The second-order valence-electron chi connectivity index (χ2n) is 3.46. The Morgan fingerprint density at radius 2 is 1.81 bits per heavy atom. The summed E-state index contributed by atoms with van der Waals surface area (Å²) in [5.74, 6) is 0. The van der Waals surface area contributed by atoms with Crippen molar-refractivity contribution in [2.75, 3.05) is 5.32 Å². The van der Waals surface area contributed by atoms with E-state index in [2.05, 4.69) is 40.0 Å². The first kappa shape index (κ1) is 11.7. The minimum Gasteiger partial charge on any atom is -0.380 e. The first-order valence-electron chi connectivity index (χ1n) is 4.98. The SMILES string of the molecule is Clc1ccc(NCc2ccccc2)c(I)c1. The lowest BCUT2D eigenvalue weighted by Gasteiger charge is -2.08. The Morgan fingerprint density at radius 3 is 2.50 bits per heavy atom. The molecule has 0 fully saturated rings. The average molecular weight is 344 g/mol. The van der Waals surface area contributed by atoms with Crippen LogP contribution >= 0.6 is 34.2 Å². The lowest BCUT2D eigenvalue weighted by molar-refractivity contribution is 1.15. The highest BCUT2D eigenvalue weighted by atomic mass is 127. The number of hydrogen-bond donors (Lipinski definition) is 1. The maximum absolute atomic E-state index is 5.90. The van der Waals surface area contributed by atoms with Crippen LogP contribution < -0.4 is 5.32 Å². The Bertz CT molecular complexity index is 471. The van der Waals surface area contributed by atoms with Gasteiger partial charge >= 0.3 is 0 Å². The summed E-state index contributed by atoms with van der Waals surface area (Å²) < 4.78 is 1.14. The second-order valence-corrected chi connectivity index (χ2v) is 5.06. The Hall–Kier alpha value is -0.740. The maximum Gasteiger partial charge on any atom is 0.0479 e. The van der Waals surface area contributed by atoms with Crippen LogP contribution in [0.4, 0.5) is 5.69 Å². The van der Waals surface area contributed by atoms with Crippen LogP contribution in [0.15, 0.2) is 48.5 Å². The average Bonchev–Trinajstić information content (AvgIpc) is 2.29. The Morgan fingerprint density at radius 1 is 1.06 bits per heavy atom. The smallest absolute Gasteiger partial charge is 0.0479 e. The molecule has 82 valence electrons. The van der Waals surface area contributed by atoms with E-state index >= 15 is 0 Å². The summed E-state index contributed by atoms with van der Waals surface area (Å²) in [6, 6.07) is 16.2. The summed E-state index contributed by atoms with van der Waals surface area (Å²) in [5.41, 5.74) is 2.39. The van der Waals surface area contributed by atoms with Gasteiger partial charge < -0.3 is 5.32 Å². The lowest BCUT2D eigenvalue weighted by atomic mass is 10.2. The standard InChI is InChI=1S/C13H11ClIN/c14-11-6-7-13(12(15)8-11)16-9-10-4-2-1-3-5-10/h1-8,16H,9H2. The highest BCUT2D eigenvalue weighted by Gasteiger charge is 1.99. The van der Waals surface area contributed by atoms with E-state index < -0.39 is 0 Å². The summed E-state index contributed by atoms with van der Waals surface area (Å²) in [4.78, 5) is 0. The normalized spacial score (nSPS) is 10.1. The Balaban J connectivity index is 2.05. The van der Waals surface area contributed by atoms with Crippen molar-refractivity contribution in [3.63, 3.8) is 0 Å². The molecule has 1 N–H and O–H groups in total. The molecule has 0 saturated carbocycles. The molecule has 0 aliphatic rings. The topological polar surface area (TPSA) is 12.0 Å². The molecule has 0 aliphatic heterocycles. The zero-order valence-electron chi connectivity index (χ0n) is 8.58. The molecule has 2 rings (SSSR count). The van der Waals surface area contributed by atoms with E-state index in [1.165, 1.54) is 5.56 Å². The summed E-state index contributed by atoms with van der Waals surface area (Å²) in [7, 11) is 0. The molecule has 1 nitrogen and oxygen atoms in total. The molecular weight excluding hydrogens is 333 g/mol. The zero-order valence-corrected chi connectivity index (χ0v) is 11.5. The van der Waals surface area contributed by atoms with Crippen LogP contribution in [0.1, 0.15) is 5.56 Å². The fourth-order valence-electron chi connectivity index (χ4n) is 1.43. The minimum atomic E-state index is 0.773. The van der Waals surface area contributed by atoms with Gasteiger partial charge in [0.1, 0.15) is 0 Å². The number of hydrogen-bond acceptors (Lipinski definition) is 1. The van der Waals surface area contributed by atoms with E-state index in [1.54, 1.807) is 0 Å². The lowest BCUT2D eigenvalue weighted by Crippen LogP contribution is -2.00. The number of benzene rings is 2. The van der Waals surface area contributed by atoms with Crippen molar-refractivity contribution in [1.82, 2.24) is 0 Å². The largest absolute Gasteiger partial charge is 0.380 e. The maximum atomic E-state index is 5.90. The number of halogens is 2.